The first-order valence-electron chi connectivity index (χ1n) is 9.45. The molecule has 0 aliphatic carbocycles. The maximum Gasteiger partial charge on any atom is 0.490 e. The first kappa shape index (κ1) is 25.2. The smallest absolute Gasteiger partial charge is 0.475 e. The summed E-state index contributed by atoms with van der Waals surface area (Å²) in [6.07, 6.45) is 0.453. The van der Waals surface area contributed by atoms with Crippen molar-refractivity contribution in [3.8, 4) is 0 Å². The number of hydrogen-bond donors (Lipinski definition) is 1. The molecule has 0 radical (unpaired) electrons. The van der Waals surface area contributed by atoms with Crippen molar-refractivity contribution < 1.29 is 40.3 Å². The van der Waals surface area contributed by atoms with Crippen molar-refractivity contribution >= 4 is 16.0 Å². The van der Waals surface area contributed by atoms with Crippen LogP contribution in [-0.2, 0) is 14.8 Å². The number of carboxylic acid groups (broad SMARTS) is 1. The van der Waals surface area contributed by atoms with Crippen molar-refractivity contribution in [2.75, 3.05) is 26.2 Å². The van der Waals surface area contributed by atoms with Gasteiger partial charge >= 0.3 is 12.1 Å². The number of hydrogen-bond acceptors (Lipinski definition) is 4. The number of carbonyl (C=O) groups is 1. The highest BCUT2D eigenvalue weighted by Gasteiger charge is 2.46. The van der Waals surface area contributed by atoms with Gasteiger partial charge in [-0.25, -0.2) is 22.0 Å². The Morgan fingerprint density at radius 2 is 1.74 bits per heavy atom. The van der Waals surface area contributed by atoms with E-state index in [9.17, 15) is 30.4 Å². The number of piperidine rings is 1. The highest BCUT2D eigenvalue weighted by atomic mass is 32.2. The van der Waals surface area contributed by atoms with Crippen LogP contribution in [0.1, 0.15) is 25.7 Å². The second kappa shape index (κ2) is 9.61. The quantitative estimate of drug-likeness (QED) is 0.539. The Morgan fingerprint density at radius 3 is 2.26 bits per heavy atom. The molecule has 0 bridgehead atoms. The van der Waals surface area contributed by atoms with Crippen LogP contribution < -0.4 is 0 Å². The largest absolute Gasteiger partial charge is 0.490 e. The molecule has 31 heavy (non-hydrogen) atoms. The first-order valence-corrected chi connectivity index (χ1v) is 10.9. The summed E-state index contributed by atoms with van der Waals surface area (Å²) in [4.78, 5) is 11.0. The molecule has 174 valence electrons. The summed E-state index contributed by atoms with van der Waals surface area (Å²) in [6.45, 7) is 6.25. The second-order valence-electron chi connectivity index (χ2n) is 7.38. The van der Waals surface area contributed by atoms with Gasteiger partial charge in [0.2, 0.25) is 10.0 Å². The maximum atomic E-state index is 13.5. The molecule has 1 unspecified atom stereocenters. The summed E-state index contributed by atoms with van der Waals surface area (Å²) in [5.74, 6) is -4.94. The Balaban J connectivity index is 0.000000423. The van der Waals surface area contributed by atoms with E-state index in [-0.39, 0.29) is 10.4 Å². The lowest BCUT2D eigenvalue weighted by Crippen LogP contribution is -2.56. The van der Waals surface area contributed by atoms with E-state index >= 15 is 0 Å². The van der Waals surface area contributed by atoms with E-state index in [1.165, 1.54) is 4.31 Å². The van der Waals surface area contributed by atoms with Crippen LogP contribution in [0.5, 0.6) is 0 Å². The van der Waals surface area contributed by atoms with Gasteiger partial charge in [0.15, 0.2) is 11.6 Å². The monoisotopic (exact) mass is 470 g/mol. The van der Waals surface area contributed by atoms with Crippen LogP contribution >= 0.6 is 0 Å². The van der Waals surface area contributed by atoms with E-state index in [0.29, 0.717) is 13.1 Å². The molecule has 3 rings (SSSR count). The summed E-state index contributed by atoms with van der Waals surface area (Å²) in [5.41, 5.74) is -0.169. The summed E-state index contributed by atoms with van der Waals surface area (Å²) < 4.78 is 85.4. The van der Waals surface area contributed by atoms with E-state index in [4.69, 9.17) is 9.90 Å². The predicted octanol–water partition coefficient (Wildman–Crippen LogP) is 3.40. The van der Waals surface area contributed by atoms with Gasteiger partial charge < -0.3 is 5.11 Å². The number of carboxylic acids is 1. The summed E-state index contributed by atoms with van der Waals surface area (Å²) in [7, 11) is -3.83. The Kier molecular flexibility index (Phi) is 7.82. The molecule has 1 aromatic carbocycles. The minimum atomic E-state index is -5.08. The van der Waals surface area contributed by atoms with Gasteiger partial charge in [-0.2, -0.15) is 17.5 Å². The van der Waals surface area contributed by atoms with Crippen LogP contribution in [0.25, 0.3) is 0 Å². The van der Waals surface area contributed by atoms with Crippen LogP contribution in [0.4, 0.5) is 22.0 Å². The number of nitrogens with zero attached hydrogens (tertiary/aromatic N) is 2. The molecule has 2 aliphatic heterocycles. The standard InChI is InChI=1S/C17H22F2N2O2S.C2HF3O2/c1-2-9-20-10-3-7-17(20)8-4-11-21(13-17)24(22,23)14-5-6-15(18)16(19)12-14;3-2(4,5)1(6)7/h2,5-6,12H,1,3-4,7-11,13H2;(H,6,7). The summed E-state index contributed by atoms with van der Waals surface area (Å²) >= 11 is 0. The Hall–Kier alpha value is -2.05. The third-order valence-corrected chi connectivity index (χ3v) is 7.22. The van der Waals surface area contributed by atoms with Crippen LogP contribution in [0, 0.1) is 11.6 Å². The van der Waals surface area contributed by atoms with Gasteiger partial charge in [0, 0.05) is 25.2 Å². The zero-order valence-corrected chi connectivity index (χ0v) is 17.4. The van der Waals surface area contributed by atoms with Gasteiger partial charge in [0.05, 0.1) is 4.90 Å². The minimum absolute atomic E-state index is 0.169. The zero-order valence-electron chi connectivity index (χ0n) is 16.5. The number of aliphatic carboxylic acids is 1. The molecule has 1 aromatic rings. The van der Waals surface area contributed by atoms with Crippen LogP contribution in [0.3, 0.4) is 0 Å². The van der Waals surface area contributed by atoms with Gasteiger partial charge in [0.25, 0.3) is 0 Å². The lowest BCUT2D eigenvalue weighted by atomic mass is 9.87. The van der Waals surface area contributed by atoms with Crippen LogP contribution in [-0.4, -0.2) is 66.6 Å². The second-order valence-corrected chi connectivity index (χ2v) is 9.32. The fraction of sp³-hybridized carbons (Fsp3) is 0.526. The molecule has 0 saturated carbocycles. The van der Waals surface area contributed by atoms with Crippen molar-refractivity contribution in [3.05, 3.63) is 42.5 Å². The van der Waals surface area contributed by atoms with E-state index in [0.717, 1.165) is 57.0 Å². The molecular weight excluding hydrogens is 447 g/mol. The molecule has 2 saturated heterocycles. The average molecular weight is 470 g/mol. The molecule has 0 aromatic heterocycles. The van der Waals surface area contributed by atoms with Crippen molar-refractivity contribution in [2.45, 2.75) is 42.3 Å². The predicted molar refractivity (Wildman–Crippen MR) is 102 cm³/mol. The molecule has 1 atom stereocenters. The van der Waals surface area contributed by atoms with E-state index in [2.05, 4.69) is 11.5 Å². The van der Waals surface area contributed by atoms with Crippen molar-refractivity contribution in [3.63, 3.8) is 0 Å². The number of likely N-dealkylation sites (tertiary alicyclic amines) is 1. The van der Waals surface area contributed by atoms with Gasteiger partial charge in [-0.1, -0.05) is 6.08 Å². The molecule has 2 aliphatic rings. The van der Waals surface area contributed by atoms with E-state index in [1.807, 2.05) is 6.08 Å². The normalized spacial score (nSPS) is 22.7. The number of benzene rings is 1. The van der Waals surface area contributed by atoms with Crippen LogP contribution in [0.2, 0.25) is 0 Å². The van der Waals surface area contributed by atoms with Crippen molar-refractivity contribution in [2.24, 2.45) is 0 Å². The molecule has 1 N–H and O–H groups in total. The lowest BCUT2D eigenvalue weighted by Gasteiger charge is -2.45. The SMILES string of the molecule is C=CCN1CCCC12CCCN(S(=O)(=O)c1ccc(F)c(F)c1)C2.O=C(O)C(F)(F)F. The van der Waals surface area contributed by atoms with E-state index < -0.39 is 33.8 Å². The fourth-order valence-corrected chi connectivity index (χ4v) is 5.53. The molecular formula is C19H23F5N2O4S. The van der Waals surface area contributed by atoms with E-state index in [1.54, 1.807) is 0 Å². The highest BCUT2D eigenvalue weighted by molar-refractivity contribution is 7.89. The number of sulfonamides is 1. The number of alkyl halides is 3. The molecule has 1 spiro atoms. The Labute approximate surface area is 177 Å². The molecule has 12 heteroatoms. The van der Waals surface area contributed by atoms with Gasteiger partial charge in [-0.05, 0) is 50.4 Å². The van der Waals surface area contributed by atoms with Gasteiger partial charge in [-0.3, -0.25) is 4.90 Å². The van der Waals surface area contributed by atoms with Crippen molar-refractivity contribution in [1.82, 2.24) is 9.21 Å². The Bertz CT molecular complexity index is 922. The molecule has 2 fully saturated rings. The van der Waals surface area contributed by atoms with Gasteiger partial charge in [-0.15, -0.1) is 6.58 Å². The summed E-state index contributed by atoms with van der Waals surface area (Å²) in [6, 6.07) is 2.76. The van der Waals surface area contributed by atoms with Crippen molar-refractivity contribution in [1.29, 1.82) is 0 Å². The lowest BCUT2D eigenvalue weighted by molar-refractivity contribution is -0.192. The zero-order chi connectivity index (χ0) is 23.4. The third kappa shape index (κ3) is 5.80. The minimum Gasteiger partial charge on any atom is -0.475 e. The van der Waals surface area contributed by atoms with Crippen LogP contribution in [0.15, 0.2) is 35.7 Å². The molecule has 6 nitrogen and oxygen atoms in total. The number of rotatable bonds is 4. The highest BCUT2D eigenvalue weighted by Crippen LogP contribution is 2.38. The molecule has 0 amide bonds. The number of halogens is 5. The van der Waals surface area contributed by atoms with Gasteiger partial charge in [0.1, 0.15) is 0 Å². The Morgan fingerprint density at radius 1 is 1.16 bits per heavy atom. The molecule has 2 heterocycles. The average Bonchev–Trinajstić information content (AvgIpc) is 3.05. The topological polar surface area (TPSA) is 77.9 Å². The maximum absolute atomic E-state index is 13.5. The third-order valence-electron chi connectivity index (χ3n) is 5.38. The first-order chi connectivity index (χ1) is 14.3. The summed E-state index contributed by atoms with van der Waals surface area (Å²) in [5, 5.41) is 7.12. The fourth-order valence-electron chi connectivity index (χ4n) is 3.96.